The molecule has 12 nitrogen and oxygen atoms in total. The van der Waals surface area contributed by atoms with E-state index in [1.165, 1.54) is 0 Å². The van der Waals surface area contributed by atoms with Crippen LogP contribution in [-0.4, -0.2) is 76.1 Å². The zero-order valence-corrected chi connectivity index (χ0v) is 19.1. The third-order valence-corrected chi connectivity index (χ3v) is 4.64. The fraction of sp³-hybridized carbons (Fsp3) is 0.850. The molecule has 12 heteroatoms. The monoisotopic (exact) mass is 461 g/mol. The second kappa shape index (κ2) is 20.7. The molecule has 0 fully saturated rings. The number of hydrogen-bond donors (Lipinski definition) is 7. The molecule has 0 spiro atoms. The molecule has 0 radical (unpaired) electrons. The van der Waals surface area contributed by atoms with Crippen molar-refractivity contribution in [3.8, 4) is 0 Å². The molecule has 32 heavy (non-hydrogen) atoms. The topological polar surface area (TPSA) is 210 Å². The van der Waals surface area contributed by atoms with Crippen molar-refractivity contribution in [2.45, 2.75) is 63.5 Å². The Labute approximate surface area is 190 Å². The van der Waals surface area contributed by atoms with Gasteiger partial charge in [-0.2, -0.15) is 0 Å². The SMILES string of the molecule is NCCCCNCC(=O)NC(CCCCN)COC(=O)NC(CCCCN)COC(N)=O. The summed E-state index contributed by atoms with van der Waals surface area (Å²) < 4.78 is 10.1. The van der Waals surface area contributed by atoms with Crippen LogP contribution < -0.4 is 38.9 Å². The van der Waals surface area contributed by atoms with Gasteiger partial charge in [0, 0.05) is 0 Å². The number of nitrogens with one attached hydrogen (secondary N) is 3. The van der Waals surface area contributed by atoms with Gasteiger partial charge in [-0.15, -0.1) is 0 Å². The molecule has 0 aliphatic rings. The Morgan fingerprint density at radius 2 is 1.25 bits per heavy atom. The van der Waals surface area contributed by atoms with Crippen LogP contribution in [0.3, 0.4) is 0 Å². The average molecular weight is 462 g/mol. The Kier molecular flexibility index (Phi) is 19.3. The molecule has 11 N–H and O–H groups in total. The number of hydrogen-bond acceptors (Lipinski definition) is 9. The minimum atomic E-state index is -0.914. The fourth-order valence-electron chi connectivity index (χ4n) is 2.91. The highest BCUT2D eigenvalue weighted by Crippen LogP contribution is 2.04. The van der Waals surface area contributed by atoms with Crippen molar-refractivity contribution in [3.63, 3.8) is 0 Å². The Morgan fingerprint density at radius 3 is 1.81 bits per heavy atom. The first-order valence-electron chi connectivity index (χ1n) is 11.4. The Balaban J connectivity index is 4.53. The number of amides is 3. The Bertz CT molecular complexity index is 511. The highest BCUT2D eigenvalue weighted by Gasteiger charge is 2.18. The quantitative estimate of drug-likeness (QED) is 0.113. The molecule has 0 rings (SSSR count). The zero-order chi connectivity index (χ0) is 24.0. The second-order valence-electron chi connectivity index (χ2n) is 7.58. The van der Waals surface area contributed by atoms with E-state index >= 15 is 0 Å². The van der Waals surface area contributed by atoms with Gasteiger partial charge in [0.05, 0.1) is 18.6 Å². The van der Waals surface area contributed by atoms with Crippen LogP contribution in [0.15, 0.2) is 0 Å². The molecule has 0 aromatic carbocycles. The standard InChI is InChI=1S/C20H43N7O5/c21-9-3-1-7-16(26-18(28)13-25-12-6-5-11-23)15-32-20(30)27-17(8-2-4-10-22)14-31-19(24)29/h16-17,25H,1-15,21-23H2,(H2,24,29)(H,26,28)(H,27,30). The summed E-state index contributed by atoms with van der Waals surface area (Å²) in [6.45, 7) is 2.55. The maximum Gasteiger partial charge on any atom is 0.407 e. The van der Waals surface area contributed by atoms with Gasteiger partial charge in [0.1, 0.15) is 13.2 Å². The summed E-state index contributed by atoms with van der Waals surface area (Å²) in [6, 6.07) is -0.771. The third-order valence-electron chi connectivity index (χ3n) is 4.64. The molecule has 2 atom stereocenters. The predicted octanol–water partition coefficient (Wildman–Crippen LogP) is -0.752. The molecule has 0 heterocycles. The van der Waals surface area contributed by atoms with Gasteiger partial charge < -0.3 is 48.4 Å². The van der Waals surface area contributed by atoms with E-state index in [-0.39, 0.29) is 31.7 Å². The van der Waals surface area contributed by atoms with Gasteiger partial charge in [-0.25, -0.2) is 9.59 Å². The molecule has 0 saturated heterocycles. The van der Waals surface area contributed by atoms with Crippen LogP contribution in [0.4, 0.5) is 9.59 Å². The van der Waals surface area contributed by atoms with Crippen molar-refractivity contribution in [3.05, 3.63) is 0 Å². The first-order valence-corrected chi connectivity index (χ1v) is 11.4. The third kappa shape index (κ3) is 18.6. The van der Waals surface area contributed by atoms with Crippen LogP contribution in [0, 0.1) is 0 Å². The highest BCUT2D eigenvalue weighted by atomic mass is 16.6. The number of primary amides is 1. The highest BCUT2D eigenvalue weighted by molar-refractivity contribution is 5.78. The van der Waals surface area contributed by atoms with Crippen molar-refractivity contribution < 1.29 is 23.9 Å². The van der Waals surface area contributed by atoms with Crippen LogP contribution >= 0.6 is 0 Å². The van der Waals surface area contributed by atoms with E-state index in [2.05, 4.69) is 16.0 Å². The number of unbranched alkanes of at least 4 members (excludes halogenated alkanes) is 3. The van der Waals surface area contributed by atoms with Gasteiger partial charge >= 0.3 is 12.2 Å². The van der Waals surface area contributed by atoms with E-state index in [0.29, 0.717) is 39.0 Å². The molecule has 0 saturated carbocycles. The first kappa shape index (κ1) is 29.9. The summed E-state index contributed by atoms with van der Waals surface area (Å²) >= 11 is 0. The number of carbonyl (C=O) groups excluding carboxylic acids is 3. The van der Waals surface area contributed by atoms with Gasteiger partial charge in [0.25, 0.3) is 0 Å². The maximum absolute atomic E-state index is 12.2. The van der Waals surface area contributed by atoms with E-state index in [0.717, 1.165) is 38.5 Å². The molecule has 0 aromatic heterocycles. The number of nitrogens with two attached hydrogens (primary N) is 4. The molecule has 0 aromatic rings. The van der Waals surface area contributed by atoms with Crippen molar-refractivity contribution in [1.82, 2.24) is 16.0 Å². The summed E-state index contributed by atoms with van der Waals surface area (Å²) in [5.41, 5.74) is 21.5. The zero-order valence-electron chi connectivity index (χ0n) is 19.1. The minimum Gasteiger partial charge on any atom is -0.448 e. The molecular weight excluding hydrogens is 418 g/mol. The predicted molar refractivity (Wildman–Crippen MR) is 123 cm³/mol. The van der Waals surface area contributed by atoms with Crippen molar-refractivity contribution >= 4 is 18.1 Å². The van der Waals surface area contributed by atoms with Gasteiger partial charge in [0.15, 0.2) is 0 Å². The van der Waals surface area contributed by atoms with E-state index in [1.54, 1.807) is 0 Å². The molecule has 3 amide bonds. The van der Waals surface area contributed by atoms with Gasteiger partial charge in [-0.3, -0.25) is 4.79 Å². The fourth-order valence-corrected chi connectivity index (χ4v) is 2.91. The summed E-state index contributed by atoms with van der Waals surface area (Å²) in [6.07, 6.45) is 4.56. The van der Waals surface area contributed by atoms with Gasteiger partial charge in [-0.1, -0.05) is 12.8 Å². The van der Waals surface area contributed by atoms with Crippen LogP contribution in [0.2, 0.25) is 0 Å². The first-order chi connectivity index (χ1) is 15.4. The Hall–Kier alpha value is -2.15. The lowest BCUT2D eigenvalue weighted by Gasteiger charge is -2.21. The molecule has 0 aliphatic heterocycles. The number of rotatable bonds is 20. The molecule has 188 valence electrons. The second-order valence-corrected chi connectivity index (χ2v) is 7.58. The van der Waals surface area contributed by atoms with Crippen LogP contribution in [-0.2, 0) is 14.3 Å². The summed E-state index contributed by atoms with van der Waals surface area (Å²) in [5.74, 6) is -0.172. The smallest absolute Gasteiger partial charge is 0.407 e. The molecular formula is C20H43N7O5. The van der Waals surface area contributed by atoms with E-state index in [9.17, 15) is 14.4 Å². The van der Waals surface area contributed by atoms with Gasteiger partial charge in [-0.05, 0) is 64.7 Å². The average Bonchev–Trinajstić information content (AvgIpc) is 2.75. The lowest BCUT2D eigenvalue weighted by Crippen LogP contribution is -2.45. The number of carbonyl (C=O) groups is 3. The van der Waals surface area contributed by atoms with Crippen LogP contribution in [0.1, 0.15) is 51.4 Å². The Morgan fingerprint density at radius 1 is 0.719 bits per heavy atom. The normalized spacial score (nSPS) is 12.6. The maximum atomic E-state index is 12.2. The molecule has 2 unspecified atom stereocenters. The minimum absolute atomic E-state index is 0.0154. The van der Waals surface area contributed by atoms with Crippen molar-refractivity contribution in [2.75, 3.05) is 45.9 Å². The van der Waals surface area contributed by atoms with E-state index < -0.39 is 18.2 Å². The summed E-state index contributed by atoms with van der Waals surface area (Å²) in [5, 5.41) is 8.62. The van der Waals surface area contributed by atoms with E-state index in [1.807, 2.05) is 0 Å². The molecule has 0 aliphatic carbocycles. The lowest BCUT2D eigenvalue weighted by atomic mass is 10.1. The van der Waals surface area contributed by atoms with Crippen LogP contribution in [0.5, 0.6) is 0 Å². The van der Waals surface area contributed by atoms with E-state index in [4.69, 9.17) is 32.4 Å². The molecule has 0 bridgehead atoms. The number of ether oxygens (including phenoxy) is 2. The number of alkyl carbamates (subject to hydrolysis) is 1. The lowest BCUT2D eigenvalue weighted by molar-refractivity contribution is -0.121. The summed E-state index contributed by atoms with van der Waals surface area (Å²) in [4.78, 5) is 35.3. The van der Waals surface area contributed by atoms with Crippen molar-refractivity contribution in [1.29, 1.82) is 0 Å². The van der Waals surface area contributed by atoms with Crippen LogP contribution in [0.25, 0.3) is 0 Å². The van der Waals surface area contributed by atoms with Gasteiger partial charge in [0.2, 0.25) is 5.91 Å². The van der Waals surface area contributed by atoms with Crippen molar-refractivity contribution in [2.24, 2.45) is 22.9 Å². The largest absolute Gasteiger partial charge is 0.448 e. The summed E-state index contributed by atoms with van der Waals surface area (Å²) in [7, 11) is 0.